The zero-order chi connectivity index (χ0) is 26.1. The van der Waals surface area contributed by atoms with Gasteiger partial charge in [-0.1, -0.05) is 0 Å². The molecule has 0 saturated carbocycles. The van der Waals surface area contributed by atoms with Crippen LogP contribution in [-0.4, -0.2) is 8.07 Å². The van der Waals surface area contributed by atoms with Crippen molar-refractivity contribution in [2.45, 2.75) is 43.2 Å². The number of hydrogen-bond donors (Lipinski definition) is 0. The standard InChI is InChI=1S/C34H30Si.2CH3.Zr/c1-3-25-23-27-15-11-13-21-31(27)33(25)35(29-17-7-5-8-18-29,30-19-9-6-10-20-30)34-26(4-2)24-28-16-12-14-22-32(28)34;;;/h5-24H,3-4H2,1-2H3;2*1H3;. The van der Waals surface area contributed by atoms with Crippen LogP contribution in [0.4, 0.5) is 0 Å². The van der Waals surface area contributed by atoms with Crippen LogP contribution < -0.4 is 10.4 Å². The van der Waals surface area contributed by atoms with Crippen LogP contribution in [0.5, 0.6) is 0 Å². The van der Waals surface area contributed by atoms with Gasteiger partial charge in [-0.15, -0.1) is 0 Å². The molecule has 2 aliphatic carbocycles. The van der Waals surface area contributed by atoms with Gasteiger partial charge in [0.05, 0.1) is 0 Å². The van der Waals surface area contributed by atoms with Crippen LogP contribution in [0.1, 0.15) is 56.2 Å². The van der Waals surface area contributed by atoms with E-state index in [1.807, 2.05) is 0 Å². The van der Waals surface area contributed by atoms with Crippen molar-refractivity contribution < 1.29 is 20.3 Å². The molecular formula is C36H36SiZr. The molecule has 1 heterocycles. The van der Waals surface area contributed by atoms with E-state index in [1.165, 1.54) is 10.4 Å². The van der Waals surface area contributed by atoms with E-state index in [-0.39, 0.29) is 0 Å². The average molecular weight is 588 g/mol. The Morgan fingerprint density at radius 3 is 1.29 bits per heavy atom. The molecule has 4 aromatic carbocycles. The van der Waals surface area contributed by atoms with Crippen molar-refractivity contribution >= 4 is 28.8 Å². The maximum atomic E-state index is 2.77. The van der Waals surface area contributed by atoms with E-state index in [0.717, 1.165) is 12.8 Å². The third-order valence-corrected chi connectivity index (χ3v) is 25.5. The summed E-state index contributed by atoms with van der Waals surface area (Å²) in [6.07, 6.45) is 2.28. The predicted molar refractivity (Wildman–Crippen MR) is 162 cm³/mol. The van der Waals surface area contributed by atoms with Crippen LogP contribution in [0.3, 0.4) is 0 Å². The summed E-state index contributed by atoms with van der Waals surface area (Å²) < 4.78 is 6.79. The summed E-state index contributed by atoms with van der Waals surface area (Å²) in [6.45, 7) is 4.88. The number of benzene rings is 4. The first-order chi connectivity index (χ1) is 18.6. The fourth-order valence-electron chi connectivity index (χ4n) is 8.72. The van der Waals surface area contributed by atoms with Crippen molar-refractivity contribution in [3.63, 3.8) is 0 Å². The number of allylic oxidation sites excluding steroid dienone is 2. The van der Waals surface area contributed by atoms with E-state index >= 15 is 0 Å². The zero-order valence-electron chi connectivity index (χ0n) is 23.0. The van der Waals surface area contributed by atoms with Crippen LogP contribution in [0.25, 0.3) is 10.4 Å². The summed E-state index contributed by atoms with van der Waals surface area (Å²) in [4.78, 5) is 0. The fourth-order valence-corrected chi connectivity index (χ4v) is 27.5. The Kier molecular flexibility index (Phi) is 5.80. The van der Waals surface area contributed by atoms with Gasteiger partial charge in [0.15, 0.2) is 0 Å². The van der Waals surface area contributed by atoms with E-state index < -0.39 is 28.3 Å². The molecule has 0 nitrogen and oxygen atoms in total. The van der Waals surface area contributed by atoms with Crippen LogP contribution in [-0.2, 0) is 20.3 Å². The van der Waals surface area contributed by atoms with E-state index in [9.17, 15) is 0 Å². The first-order valence-electron chi connectivity index (χ1n) is 14.3. The van der Waals surface area contributed by atoms with Gasteiger partial charge in [0.25, 0.3) is 0 Å². The molecule has 3 aliphatic rings. The van der Waals surface area contributed by atoms with Crippen LogP contribution in [0.15, 0.2) is 120 Å². The Bertz CT molecular complexity index is 1490. The topological polar surface area (TPSA) is 0 Å². The van der Waals surface area contributed by atoms with Crippen molar-refractivity contribution in [3.05, 3.63) is 143 Å². The number of hydrogen-bond acceptors (Lipinski definition) is 0. The van der Waals surface area contributed by atoms with E-state index in [1.54, 1.807) is 43.8 Å². The first kappa shape index (κ1) is 24.5. The zero-order valence-corrected chi connectivity index (χ0v) is 26.4. The molecule has 0 fully saturated rings. The Labute approximate surface area is 233 Å². The third-order valence-electron chi connectivity index (χ3n) is 9.83. The second-order valence-electron chi connectivity index (χ2n) is 11.9. The van der Waals surface area contributed by atoms with Gasteiger partial charge in [0, 0.05) is 0 Å². The molecule has 38 heavy (non-hydrogen) atoms. The molecule has 0 saturated heterocycles. The minimum atomic E-state index is -2.87. The minimum absolute atomic E-state index is 0.624. The molecule has 1 aliphatic heterocycles. The second kappa shape index (κ2) is 9.00. The van der Waals surface area contributed by atoms with Gasteiger partial charge in [-0.25, -0.2) is 0 Å². The molecule has 7 rings (SSSR count). The normalized spacial score (nSPS) is 22.1. The Morgan fingerprint density at radius 2 is 0.895 bits per heavy atom. The Morgan fingerprint density at radius 1 is 0.526 bits per heavy atom. The SMILES string of the molecule is CCC1=C2c3ccccc3[CH]1[Zr]([CH3])([CH3])[CH]1C(CC)=C(c3ccccc31)[Si]2(c1ccccc1)c1ccccc1. The van der Waals surface area contributed by atoms with Crippen LogP contribution in [0, 0.1) is 0 Å². The molecule has 0 N–H and O–H groups in total. The van der Waals surface area contributed by atoms with Crippen molar-refractivity contribution in [1.82, 2.24) is 0 Å². The van der Waals surface area contributed by atoms with E-state index in [2.05, 4.69) is 132 Å². The molecule has 0 aromatic heterocycles. The summed E-state index contributed by atoms with van der Waals surface area (Å²) in [5.74, 6) is 0. The first-order valence-corrected chi connectivity index (χ1v) is 24.1. The summed E-state index contributed by atoms with van der Waals surface area (Å²) in [5, 5.41) is 6.51. The molecule has 188 valence electrons. The van der Waals surface area contributed by atoms with Gasteiger partial charge in [0.2, 0.25) is 0 Å². The van der Waals surface area contributed by atoms with E-state index in [4.69, 9.17) is 0 Å². The van der Waals surface area contributed by atoms with E-state index in [0.29, 0.717) is 7.25 Å². The average Bonchev–Trinajstić information content (AvgIpc) is 3.50. The van der Waals surface area contributed by atoms with Gasteiger partial charge < -0.3 is 0 Å². The summed E-state index contributed by atoms with van der Waals surface area (Å²) in [5.41, 5.74) is 9.96. The number of fused-ring (bicyclic) bond motifs is 8. The predicted octanol–water partition coefficient (Wildman–Crippen LogP) is 8.43. The Hall–Kier alpha value is -2.54. The Balaban J connectivity index is 1.78. The second-order valence-corrected chi connectivity index (χ2v) is 27.3. The van der Waals surface area contributed by atoms with Gasteiger partial charge in [-0.05, 0) is 0 Å². The van der Waals surface area contributed by atoms with Crippen molar-refractivity contribution in [2.75, 3.05) is 0 Å². The summed E-state index contributed by atoms with van der Waals surface area (Å²) >= 11 is -2.87. The molecule has 4 aromatic rings. The summed E-state index contributed by atoms with van der Waals surface area (Å²) in [7, 11) is -2.63. The molecule has 0 radical (unpaired) electrons. The molecule has 2 atom stereocenters. The molecule has 4 bridgehead atoms. The third kappa shape index (κ3) is 3.05. The van der Waals surface area contributed by atoms with Crippen LogP contribution in [0.2, 0.25) is 9.26 Å². The molecule has 0 spiro atoms. The molecule has 0 amide bonds. The molecule has 2 heteroatoms. The van der Waals surface area contributed by atoms with Crippen molar-refractivity contribution in [3.8, 4) is 0 Å². The van der Waals surface area contributed by atoms with Gasteiger partial charge >= 0.3 is 235 Å². The van der Waals surface area contributed by atoms with Crippen molar-refractivity contribution in [1.29, 1.82) is 0 Å². The van der Waals surface area contributed by atoms with Gasteiger partial charge in [0.1, 0.15) is 0 Å². The quantitative estimate of drug-likeness (QED) is 0.210. The van der Waals surface area contributed by atoms with Crippen LogP contribution >= 0.6 is 0 Å². The van der Waals surface area contributed by atoms with Crippen molar-refractivity contribution in [2.24, 2.45) is 0 Å². The molecular weight excluding hydrogens is 552 g/mol. The maximum absolute atomic E-state index is 2.87. The fraction of sp³-hybridized carbons (Fsp3) is 0.222. The van der Waals surface area contributed by atoms with Gasteiger partial charge in [-0.3, -0.25) is 0 Å². The summed E-state index contributed by atoms with van der Waals surface area (Å²) in [6, 6.07) is 42.5. The monoisotopic (exact) mass is 586 g/mol. The van der Waals surface area contributed by atoms with Gasteiger partial charge in [-0.2, -0.15) is 0 Å². The number of rotatable bonds is 4. The molecule has 2 unspecified atom stereocenters.